The highest BCUT2D eigenvalue weighted by Gasteiger charge is 2.12. The minimum absolute atomic E-state index is 0.241. The summed E-state index contributed by atoms with van der Waals surface area (Å²) >= 11 is 8.97. The van der Waals surface area contributed by atoms with Gasteiger partial charge in [0.15, 0.2) is 10.9 Å². The first kappa shape index (κ1) is 19.5. The van der Waals surface area contributed by atoms with Crippen molar-refractivity contribution >= 4 is 39.1 Å². The first-order valence-corrected chi connectivity index (χ1v) is 9.67. The molecule has 0 radical (unpaired) electrons. The van der Waals surface area contributed by atoms with E-state index in [4.69, 9.17) is 12.2 Å². The van der Waals surface area contributed by atoms with Gasteiger partial charge in [0.1, 0.15) is 5.82 Å². The molecule has 9 heteroatoms. The Morgan fingerprint density at radius 3 is 2.74 bits per heavy atom. The van der Waals surface area contributed by atoms with Crippen LogP contribution >= 0.6 is 28.1 Å². The van der Waals surface area contributed by atoms with Gasteiger partial charge in [0.05, 0.1) is 23.3 Å². The molecule has 3 rings (SSSR count). The molecule has 2 heterocycles. The van der Waals surface area contributed by atoms with Crippen molar-refractivity contribution in [2.24, 2.45) is 0 Å². The minimum atomic E-state index is -0.241. The zero-order valence-corrected chi connectivity index (χ0v) is 17.5. The molecule has 0 saturated heterocycles. The van der Waals surface area contributed by atoms with Crippen molar-refractivity contribution in [1.82, 2.24) is 24.5 Å². The van der Waals surface area contributed by atoms with Gasteiger partial charge in [-0.15, -0.1) is 0 Å². The van der Waals surface area contributed by atoms with Crippen LogP contribution in [0.15, 0.2) is 47.2 Å². The van der Waals surface area contributed by atoms with Gasteiger partial charge >= 0.3 is 0 Å². The second-order valence-corrected chi connectivity index (χ2v) is 7.30. The molecule has 0 aliphatic rings. The Labute approximate surface area is 171 Å². The van der Waals surface area contributed by atoms with E-state index < -0.39 is 0 Å². The first-order valence-electron chi connectivity index (χ1n) is 8.47. The summed E-state index contributed by atoms with van der Waals surface area (Å²) in [6, 6.07) is 8.48. The van der Waals surface area contributed by atoms with Crippen LogP contribution in [0.5, 0.6) is 0 Å². The van der Waals surface area contributed by atoms with Crippen molar-refractivity contribution in [2.75, 3.05) is 12.4 Å². The topological polar surface area (TPSA) is 50.9 Å². The number of anilines is 1. The lowest BCUT2D eigenvalue weighted by atomic mass is 10.2. The number of hydrogen-bond donors (Lipinski definition) is 1. The molecule has 6 nitrogen and oxygen atoms in total. The molecule has 0 amide bonds. The lowest BCUT2D eigenvalue weighted by Gasteiger charge is -2.19. The van der Waals surface area contributed by atoms with Crippen LogP contribution in [-0.2, 0) is 19.6 Å². The van der Waals surface area contributed by atoms with Crippen molar-refractivity contribution in [3.05, 3.63) is 64.3 Å². The van der Waals surface area contributed by atoms with Crippen molar-refractivity contribution in [2.45, 2.75) is 26.6 Å². The van der Waals surface area contributed by atoms with Crippen LogP contribution in [-0.4, -0.2) is 36.6 Å². The maximum atomic E-state index is 13.8. The quantitative estimate of drug-likeness (QED) is 0.577. The van der Waals surface area contributed by atoms with Crippen LogP contribution < -0.4 is 5.32 Å². The Bertz CT molecular complexity index is 938. The van der Waals surface area contributed by atoms with E-state index in [9.17, 15) is 4.39 Å². The number of nitrogens with one attached hydrogen (secondary N) is 1. The van der Waals surface area contributed by atoms with Gasteiger partial charge in [-0.3, -0.25) is 9.36 Å². The monoisotopic (exact) mass is 450 g/mol. The van der Waals surface area contributed by atoms with Gasteiger partial charge in [-0.25, -0.2) is 4.39 Å². The highest BCUT2D eigenvalue weighted by molar-refractivity contribution is 9.10. The first-order chi connectivity index (χ1) is 13.0. The molecule has 0 spiro atoms. The second kappa shape index (κ2) is 8.62. The summed E-state index contributed by atoms with van der Waals surface area (Å²) in [5.74, 6) is 0.371. The number of hydrogen-bond acceptors (Lipinski definition) is 3. The molecule has 0 unspecified atom stereocenters. The number of thiocarbonyl (C=S) groups is 1. The summed E-state index contributed by atoms with van der Waals surface area (Å²) in [6.45, 7) is 3.77. The molecule has 142 valence electrons. The molecule has 0 aliphatic heterocycles. The Morgan fingerprint density at radius 2 is 2.04 bits per heavy atom. The van der Waals surface area contributed by atoms with Crippen LogP contribution in [0.1, 0.15) is 18.2 Å². The zero-order chi connectivity index (χ0) is 19.4. The van der Waals surface area contributed by atoms with E-state index in [2.05, 4.69) is 31.4 Å². The molecule has 0 atom stereocenters. The smallest absolute Gasteiger partial charge is 0.174 e. The fourth-order valence-electron chi connectivity index (χ4n) is 2.53. The van der Waals surface area contributed by atoms with E-state index in [1.165, 1.54) is 6.07 Å². The van der Waals surface area contributed by atoms with Crippen LogP contribution in [0.3, 0.4) is 0 Å². The van der Waals surface area contributed by atoms with Crippen molar-refractivity contribution in [3.63, 3.8) is 0 Å². The van der Waals surface area contributed by atoms with E-state index in [-0.39, 0.29) is 5.82 Å². The molecule has 1 aromatic carbocycles. The van der Waals surface area contributed by atoms with E-state index in [1.807, 2.05) is 41.9 Å². The van der Waals surface area contributed by atoms with Crippen molar-refractivity contribution < 1.29 is 4.39 Å². The number of benzene rings is 1. The molecule has 0 aliphatic carbocycles. The lowest BCUT2D eigenvalue weighted by Crippen LogP contribution is -2.31. The Balaban J connectivity index is 1.60. The SMILES string of the molecule is CCn1cc(Br)c(CN(C)C(=S)Nc2ccn(Cc3ccccc3F)n2)n1. The standard InChI is InChI=1S/C18H20BrFN6S/c1-3-25-11-14(19)16(22-25)12-24(2)18(27)21-17-8-9-26(23-17)10-13-6-4-5-7-15(13)20/h4-9,11H,3,10,12H2,1-2H3,(H,21,23,27). The molecule has 0 bridgehead atoms. The molecule has 3 aromatic rings. The second-order valence-electron chi connectivity index (χ2n) is 6.06. The average Bonchev–Trinajstić information content (AvgIpc) is 3.23. The molecular weight excluding hydrogens is 431 g/mol. The largest absolute Gasteiger partial charge is 0.346 e. The number of aromatic nitrogens is 4. The Hall–Kier alpha value is -2.26. The van der Waals surface area contributed by atoms with E-state index in [1.54, 1.807) is 23.0 Å². The van der Waals surface area contributed by atoms with E-state index in [0.29, 0.717) is 29.6 Å². The summed E-state index contributed by atoms with van der Waals surface area (Å²) in [5.41, 5.74) is 1.50. The van der Waals surface area contributed by atoms with Crippen molar-refractivity contribution in [3.8, 4) is 0 Å². The summed E-state index contributed by atoms with van der Waals surface area (Å²) in [4.78, 5) is 1.89. The maximum absolute atomic E-state index is 13.8. The summed E-state index contributed by atoms with van der Waals surface area (Å²) < 4.78 is 18.3. The number of rotatable bonds is 6. The molecule has 0 fully saturated rings. The Kier molecular flexibility index (Phi) is 6.22. The van der Waals surface area contributed by atoms with Crippen molar-refractivity contribution in [1.29, 1.82) is 0 Å². The van der Waals surface area contributed by atoms with Crippen LogP contribution in [0.2, 0.25) is 0 Å². The predicted octanol–water partition coefficient (Wildman–Crippen LogP) is 3.88. The molecular formula is C18H20BrFN6S. The molecule has 0 saturated carbocycles. The Morgan fingerprint density at radius 1 is 1.26 bits per heavy atom. The summed E-state index contributed by atoms with van der Waals surface area (Å²) in [6.07, 6.45) is 3.74. The highest BCUT2D eigenvalue weighted by Crippen LogP contribution is 2.17. The fraction of sp³-hybridized carbons (Fsp3) is 0.278. The fourth-order valence-corrected chi connectivity index (χ4v) is 3.14. The number of aryl methyl sites for hydroxylation is 1. The summed E-state index contributed by atoms with van der Waals surface area (Å²) in [7, 11) is 1.89. The maximum Gasteiger partial charge on any atom is 0.174 e. The van der Waals surface area contributed by atoms with E-state index >= 15 is 0 Å². The van der Waals surface area contributed by atoms with Gasteiger partial charge in [0, 0.05) is 37.6 Å². The normalized spacial score (nSPS) is 10.8. The average molecular weight is 451 g/mol. The van der Waals surface area contributed by atoms with Crippen LogP contribution in [0.25, 0.3) is 0 Å². The van der Waals surface area contributed by atoms with Gasteiger partial charge < -0.3 is 10.2 Å². The predicted molar refractivity (Wildman–Crippen MR) is 111 cm³/mol. The van der Waals surface area contributed by atoms with Crippen LogP contribution in [0.4, 0.5) is 10.2 Å². The lowest BCUT2D eigenvalue weighted by molar-refractivity contribution is 0.491. The third-order valence-corrected chi connectivity index (χ3v) is 5.09. The number of halogens is 2. The molecule has 1 N–H and O–H groups in total. The highest BCUT2D eigenvalue weighted by atomic mass is 79.9. The van der Waals surface area contributed by atoms with Gasteiger partial charge in [0.25, 0.3) is 0 Å². The van der Waals surface area contributed by atoms with Gasteiger partial charge in [-0.05, 0) is 41.1 Å². The summed E-state index contributed by atoms with van der Waals surface area (Å²) in [5, 5.41) is 12.5. The van der Waals surface area contributed by atoms with Crippen LogP contribution in [0, 0.1) is 5.82 Å². The van der Waals surface area contributed by atoms with E-state index in [0.717, 1.165) is 16.7 Å². The van der Waals surface area contributed by atoms with Gasteiger partial charge in [-0.1, -0.05) is 18.2 Å². The number of nitrogens with zero attached hydrogens (tertiary/aromatic N) is 5. The third-order valence-electron chi connectivity index (χ3n) is 4.01. The third kappa shape index (κ3) is 4.92. The minimum Gasteiger partial charge on any atom is -0.346 e. The van der Waals surface area contributed by atoms with Gasteiger partial charge in [-0.2, -0.15) is 10.2 Å². The molecule has 27 heavy (non-hydrogen) atoms. The molecule has 2 aromatic heterocycles. The zero-order valence-electron chi connectivity index (χ0n) is 15.1. The van der Waals surface area contributed by atoms with Gasteiger partial charge in [0.2, 0.25) is 0 Å².